The summed E-state index contributed by atoms with van der Waals surface area (Å²) in [4.78, 5) is 28.4. The van der Waals surface area contributed by atoms with Gasteiger partial charge in [-0.2, -0.15) is 0 Å². The number of nitro groups is 1. The molecular weight excluding hydrogens is 264 g/mol. The zero-order valence-corrected chi connectivity index (χ0v) is 10.4. The molecular formula is C12H12N4O4. The van der Waals surface area contributed by atoms with E-state index in [2.05, 4.69) is 15.3 Å². The number of ether oxygens (including phenoxy) is 1. The molecule has 2 aromatic rings. The van der Waals surface area contributed by atoms with Crippen molar-refractivity contribution >= 4 is 11.6 Å². The first kappa shape index (κ1) is 13.5. The molecule has 20 heavy (non-hydrogen) atoms. The topological polar surface area (TPSA) is 110 Å². The molecule has 0 saturated carbocycles. The number of hydrogen-bond acceptors (Lipinski definition) is 5. The summed E-state index contributed by atoms with van der Waals surface area (Å²) >= 11 is 0. The standard InChI is InChI=1S/C12H12N4O4/c17-12(15-7-11-13-4-5-14-11)8-20-10-3-1-2-9(6-10)16(18)19/h1-6H,7-8H2,(H,13,14)(H,15,17). The van der Waals surface area contributed by atoms with Crippen molar-refractivity contribution < 1.29 is 14.5 Å². The molecule has 0 aliphatic rings. The van der Waals surface area contributed by atoms with Crippen molar-refractivity contribution in [2.75, 3.05) is 6.61 Å². The number of rotatable bonds is 6. The van der Waals surface area contributed by atoms with Crippen LogP contribution in [0.2, 0.25) is 0 Å². The van der Waals surface area contributed by atoms with Crippen molar-refractivity contribution in [1.29, 1.82) is 0 Å². The number of nitrogens with one attached hydrogen (secondary N) is 2. The van der Waals surface area contributed by atoms with Crippen LogP contribution in [0, 0.1) is 10.1 Å². The molecule has 0 saturated heterocycles. The average molecular weight is 276 g/mol. The maximum Gasteiger partial charge on any atom is 0.273 e. The van der Waals surface area contributed by atoms with E-state index in [4.69, 9.17) is 4.74 Å². The number of aromatic nitrogens is 2. The van der Waals surface area contributed by atoms with Crippen LogP contribution in [0.5, 0.6) is 5.75 Å². The summed E-state index contributed by atoms with van der Waals surface area (Å²) in [7, 11) is 0. The second kappa shape index (κ2) is 6.32. The van der Waals surface area contributed by atoms with Gasteiger partial charge in [0.05, 0.1) is 17.5 Å². The molecule has 0 unspecified atom stereocenters. The lowest BCUT2D eigenvalue weighted by Gasteiger charge is -2.06. The minimum Gasteiger partial charge on any atom is -0.484 e. The quantitative estimate of drug-likeness (QED) is 0.604. The van der Waals surface area contributed by atoms with Gasteiger partial charge < -0.3 is 15.0 Å². The van der Waals surface area contributed by atoms with E-state index in [1.54, 1.807) is 18.5 Å². The van der Waals surface area contributed by atoms with Crippen molar-refractivity contribution in [3.8, 4) is 5.75 Å². The van der Waals surface area contributed by atoms with Crippen molar-refractivity contribution in [1.82, 2.24) is 15.3 Å². The van der Waals surface area contributed by atoms with E-state index < -0.39 is 4.92 Å². The Labute approximate surface area is 113 Å². The number of carbonyl (C=O) groups excluding carboxylic acids is 1. The van der Waals surface area contributed by atoms with Gasteiger partial charge in [-0.1, -0.05) is 6.07 Å². The number of nitro benzene ring substituents is 1. The molecule has 2 rings (SSSR count). The SMILES string of the molecule is O=C(COc1cccc([N+](=O)[O-])c1)NCc1ncc[nH]1. The lowest BCUT2D eigenvalue weighted by molar-refractivity contribution is -0.384. The number of imidazole rings is 1. The summed E-state index contributed by atoms with van der Waals surface area (Å²) in [5, 5.41) is 13.2. The van der Waals surface area contributed by atoms with Gasteiger partial charge >= 0.3 is 0 Å². The highest BCUT2D eigenvalue weighted by atomic mass is 16.6. The zero-order valence-electron chi connectivity index (χ0n) is 10.4. The summed E-state index contributed by atoms with van der Waals surface area (Å²) in [5.41, 5.74) is -0.0847. The van der Waals surface area contributed by atoms with Crippen molar-refractivity contribution in [3.63, 3.8) is 0 Å². The predicted molar refractivity (Wildman–Crippen MR) is 69.0 cm³/mol. The number of benzene rings is 1. The van der Waals surface area contributed by atoms with E-state index >= 15 is 0 Å². The lowest BCUT2D eigenvalue weighted by Crippen LogP contribution is -2.28. The number of hydrogen-bond donors (Lipinski definition) is 2. The summed E-state index contributed by atoms with van der Waals surface area (Å²) in [6, 6.07) is 5.66. The smallest absolute Gasteiger partial charge is 0.273 e. The Morgan fingerprint density at radius 2 is 2.35 bits per heavy atom. The molecule has 104 valence electrons. The fourth-order valence-electron chi connectivity index (χ4n) is 1.46. The zero-order chi connectivity index (χ0) is 14.4. The first-order chi connectivity index (χ1) is 9.65. The predicted octanol–water partition coefficient (Wildman–Crippen LogP) is 1.01. The second-order valence-electron chi connectivity index (χ2n) is 3.86. The van der Waals surface area contributed by atoms with Crippen LogP contribution in [0.1, 0.15) is 5.82 Å². The molecule has 1 amide bonds. The lowest BCUT2D eigenvalue weighted by atomic mass is 10.3. The van der Waals surface area contributed by atoms with Crippen molar-refractivity contribution in [3.05, 3.63) is 52.6 Å². The fourth-order valence-corrected chi connectivity index (χ4v) is 1.46. The summed E-state index contributed by atoms with van der Waals surface area (Å²) in [6.07, 6.45) is 3.24. The van der Waals surface area contributed by atoms with E-state index in [1.807, 2.05) is 0 Å². The summed E-state index contributed by atoms with van der Waals surface area (Å²) in [5.74, 6) is 0.564. The summed E-state index contributed by atoms with van der Waals surface area (Å²) in [6.45, 7) is 0.0476. The normalized spacial score (nSPS) is 10.0. The first-order valence-electron chi connectivity index (χ1n) is 5.77. The Kier molecular flexibility index (Phi) is 4.28. The molecule has 0 atom stereocenters. The second-order valence-corrected chi connectivity index (χ2v) is 3.86. The van der Waals surface area contributed by atoms with Gasteiger partial charge in [0, 0.05) is 18.5 Å². The van der Waals surface area contributed by atoms with Crippen molar-refractivity contribution in [2.24, 2.45) is 0 Å². The van der Waals surface area contributed by atoms with Crippen LogP contribution in [0.4, 0.5) is 5.69 Å². The third kappa shape index (κ3) is 3.80. The van der Waals surface area contributed by atoms with E-state index in [9.17, 15) is 14.9 Å². The molecule has 1 heterocycles. The third-order valence-corrected chi connectivity index (χ3v) is 2.41. The highest BCUT2D eigenvalue weighted by molar-refractivity contribution is 5.77. The van der Waals surface area contributed by atoms with Crippen LogP contribution < -0.4 is 10.1 Å². The average Bonchev–Trinajstić information content (AvgIpc) is 2.96. The van der Waals surface area contributed by atoms with Gasteiger partial charge in [-0.15, -0.1) is 0 Å². The van der Waals surface area contributed by atoms with Crippen LogP contribution in [0.25, 0.3) is 0 Å². The minimum absolute atomic E-state index is 0.0847. The van der Waals surface area contributed by atoms with Crippen LogP contribution in [-0.2, 0) is 11.3 Å². The highest BCUT2D eigenvalue weighted by Gasteiger charge is 2.08. The summed E-state index contributed by atoms with van der Waals surface area (Å²) < 4.78 is 5.18. The van der Waals surface area contributed by atoms with Gasteiger partial charge in [-0.25, -0.2) is 4.98 Å². The van der Waals surface area contributed by atoms with Gasteiger partial charge in [0.25, 0.3) is 11.6 Å². The maximum absolute atomic E-state index is 11.5. The molecule has 0 aliphatic carbocycles. The molecule has 0 aliphatic heterocycles. The number of H-pyrrole nitrogens is 1. The largest absolute Gasteiger partial charge is 0.484 e. The molecule has 0 spiro atoms. The van der Waals surface area contributed by atoms with Gasteiger partial charge in [0.2, 0.25) is 0 Å². The molecule has 1 aromatic carbocycles. The Morgan fingerprint density at radius 1 is 1.50 bits per heavy atom. The van der Waals surface area contributed by atoms with E-state index in [0.29, 0.717) is 5.82 Å². The first-order valence-corrected chi connectivity index (χ1v) is 5.77. The molecule has 0 radical (unpaired) electrons. The molecule has 1 aromatic heterocycles. The highest BCUT2D eigenvalue weighted by Crippen LogP contribution is 2.18. The minimum atomic E-state index is -0.524. The van der Waals surface area contributed by atoms with E-state index in [-0.39, 0.29) is 30.5 Å². The molecule has 8 heteroatoms. The Bertz CT molecular complexity index is 597. The van der Waals surface area contributed by atoms with E-state index in [1.165, 1.54) is 18.2 Å². The van der Waals surface area contributed by atoms with Crippen LogP contribution >= 0.6 is 0 Å². The van der Waals surface area contributed by atoms with Gasteiger partial charge in [0.1, 0.15) is 11.6 Å². The number of nitrogens with zero attached hydrogens (tertiary/aromatic N) is 2. The molecule has 0 bridgehead atoms. The Balaban J connectivity index is 1.81. The van der Waals surface area contributed by atoms with Gasteiger partial charge in [-0.05, 0) is 6.07 Å². The fraction of sp³-hybridized carbons (Fsp3) is 0.167. The van der Waals surface area contributed by atoms with Crippen molar-refractivity contribution in [2.45, 2.75) is 6.54 Å². The number of carbonyl (C=O) groups is 1. The maximum atomic E-state index is 11.5. The monoisotopic (exact) mass is 276 g/mol. The molecule has 2 N–H and O–H groups in total. The van der Waals surface area contributed by atoms with Crippen LogP contribution in [-0.4, -0.2) is 27.4 Å². The Morgan fingerprint density at radius 3 is 3.05 bits per heavy atom. The number of non-ortho nitro benzene ring substituents is 1. The van der Waals surface area contributed by atoms with E-state index in [0.717, 1.165) is 0 Å². The van der Waals surface area contributed by atoms with Crippen LogP contribution in [0.3, 0.4) is 0 Å². The number of amides is 1. The number of aromatic amines is 1. The third-order valence-electron chi connectivity index (χ3n) is 2.41. The van der Waals surface area contributed by atoms with Crippen LogP contribution in [0.15, 0.2) is 36.7 Å². The van der Waals surface area contributed by atoms with Gasteiger partial charge in [0.15, 0.2) is 6.61 Å². The Hall–Kier alpha value is -2.90. The van der Waals surface area contributed by atoms with Gasteiger partial charge in [-0.3, -0.25) is 14.9 Å². The molecule has 0 fully saturated rings. The molecule has 8 nitrogen and oxygen atoms in total.